The van der Waals surface area contributed by atoms with Gasteiger partial charge < -0.3 is 14.6 Å². The third kappa shape index (κ3) is 8.70. The van der Waals surface area contributed by atoms with Gasteiger partial charge in [0, 0.05) is 24.2 Å². The van der Waals surface area contributed by atoms with E-state index in [2.05, 4.69) is 24.7 Å². The highest BCUT2D eigenvalue weighted by Gasteiger charge is 2.38. The Morgan fingerprint density at radius 2 is 1.74 bits per heavy atom. The topological polar surface area (TPSA) is 80.5 Å². The molecule has 3 aromatic rings. The Morgan fingerprint density at radius 1 is 1.03 bits per heavy atom. The molecule has 0 fully saturated rings. The Balaban J connectivity index is 1.68. The second-order valence-corrected chi connectivity index (χ2v) is 9.61. The van der Waals surface area contributed by atoms with Crippen molar-refractivity contribution in [1.82, 2.24) is 15.5 Å². The lowest BCUT2D eigenvalue weighted by atomic mass is 10.0. The molecule has 12 heteroatoms. The number of nitrogens with one attached hydrogen (secondary N) is 1. The van der Waals surface area contributed by atoms with Crippen LogP contribution < -0.4 is 15.0 Å². The number of carbonyl (C=O) groups excluding carboxylic acids is 1. The lowest BCUT2D eigenvalue weighted by Crippen LogP contribution is -2.49. The third-order valence-electron chi connectivity index (χ3n) is 5.29. The number of ether oxygens (including phenoxy) is 1. The molecule has 206 valence electrons. The van der Waals surface area contributed by atoms with Crippen molar-refractivity contribution < 1.29 is 36.0 Å². The first-order chi connectivity index (χ1) is 17.8. The Labute approximate surface area is 217 Å². The first kappa shape index (κ1) is 28.9. The van der Waals surface area contributed by atoms with Gasteiger partial charge in [0.25, 0.3) is 0 Å². The Bertz CT molecular complexity index is 1190. The normalized spacial score (nSPS) is 12.0. The van der Waals surface area contributed by atoms with E-state index in [9.17, 15) is 26.7 Å². The van der Waals surface area contributed by atoms with E-state index in [0.29, 0.717) is 31.5 Å². The average Bonchev–Trinajstić information content (AvgIpc) is 3.30. The van der Waals surface area contributed by atoms with Crippen LogP contribution in [0.2, 0.25) is 0 Å². The van der Waals surface area contributed by atoms with E-state index >= 15 is 0 Å². The summed E-state index contributed by atoms with van der Waals surface area (Å²) in [6.45, 7) is 3.03. The van der Waals surface area contributed by atoms with Gasteiger partial charge in [0.1, 0.15) is 5.75 Å². The fourth-order valence-electron chi connectivity index (χ4n) is 3.62. The van der Waals surface area contributed by atoms with Crippen LogP contribution in [0, 0.1) is 0 Å². The minimum atomic E-state index is -4.68. The molecule has 2 aromatic carbocycles. The zero-order valence-corrected chi connectivity index (χ0v) is 21.2. The molecule has 3 rings (SSSR count). The summed E-state index contributed by atoms with van der Waals surface area (Å²) in [7, 11) is 0. The molecule has 0 spiro atoms. The number of aryl methyl sites for hydroxylation is 1. The van der Waals surface area contributed by atoms with Crippen molar-refractivity contribution in [2.24, 2.45) is 0 Å². The van der Waals surface area contributed by atoms with Crippen molar-refractivity contribution in [2.75, 3.05) is 11.4 Å². The molecule has 0 unspecified atom stereocenters. The van der Waals surface area contributed by atoms with Crippen LogP contribution in [0.4, 0.5) is 32.4 Å². The Morgan fingerprint density at radius 3 is 2.34 bits per heavy atom. The van der Waals surface area contributed by atoms with Crippen molar-refractivity contribution in [1.29, 1.82) is 0 Å². The van der Waals surface area contributed by atoms with Crippen LogP contribution in [0.15, 0.2) is 53.1 Å². The summed E-state index contributed by atoms with van der Waals surface area (Å²) in [5, 5.41) is 6.31. The average molecular weight is 541 g/mol. The van der Waals surface area contributed by atoms with Crippen LogP contribution in [-0.4, -0.2) is 34.9 Å². The van der Waals surface area contributed by atoms with Gasteiger partial charge in [0.15, 0.2) is 5.82 Å². The molecular formula is C26H29F5N4O3. The van der Waals surface area contributed by atoms with Gasteiger partial charge in [0.2, 0.25) is 0 Å². The number of hydrogen-bond acceptors (Lipinski definition) is 5. The minimum absolute atomic E-state index is 0.0164. The number of halogens is 5. The SMILES string of the molecule is CC(C)(C)NC(=O)N(CCCCCc1noc(C(F)(F)F)n1)c1cccc(-c2ccc(OC(F)F)cc2)c1. The standard InChI is InChI=1S/C26H29F5N4O3/c1-25(2,3)33-24(36)35(15-6-4-5-10-21-32-22(38-34-21)26(29,30)31)19-9-7-8-18(16-19)17-11-13-20(14-12-17)37-23(27)28/h7-9,11-14,16,23H,4-6,10,15H2,1-3H3,(H,33,36). The molecule has 0 aliphatic carbocycles. The number of nitrogens with zero attached hydrogens (tertiary/aromatic N) is 3. The molecule has 1 N–H and O–H groups in total. The fourth-order valence-corrected chi connectivity index (χ4v) is 3.62. The fraction of sp³-hybridized carbons (Fsp3) is 0.423. The van der Waals surface area contributed by atoms with E-state index in [1.165, 1.54) is 12.1 Å². The van der Waals surface area contributed by atoms with Crippen molar-refractivity contribution in [3.8, 4) is 16.9 Å². The quantitative estimate of drug-likeness (QED) is 0.220. The second kappa shape index (κ2) is 12.2. The molecule has 38 heavy (non-hydrogen) atoms. The largest absolute Gasteiger partial charge is 0.471 e. The zero-order chi connectivity index (χ0) is 27.9. The number of alkyl halides is 5. The lowest BCUT2D eigenvalue weighted by Gasteiger charge is -2.29. The molecule has 0 bridgehead atoms. The first-order valence-electron chi connectivity index (χ1n) is 12.0. The highest BCUT2D eigenvalue weighted by Crippen LogP contribution is 2.29. The lowest BCUT2D eigenvalue weighted by molar-refractivity contribution is -0.159. The van der Waals surface area contributed by atoms with Crippen LogP contribution in [0.5, 0.6) is 5.75 Å². The van der Waals surface area contributed by atoms with E-state index in [-0.39, 0.29) is 24.0 Å². The minimum Gasteiger partial charge on any atom is -0.435 e. The van der Waals surface area contributed by atoms with Gasteiger partial charge in [-0.05, 0) is 69.0 Å². The van der Waals surface area contributed by atoms with Crippen molar-refractivity contribution >= 4 is 11.7 Å². The first-order valence-corrected chi connectivity index (χ1v) is 12.0. The summed E-state index contributed by atoms with van der Waals surface area (Å²) in [5.41, 5.74) is 1.67. The van der Waals surface area contributed by atoms with Crippen LogP contribution >= 0.6 is 0 Å². The zero-order valence-electron chi connectivity index (χ0n) is 21.2. The van der Waals surface area contributed by atoms with Gasteiger partial charge in [-0.15, -0.1) is 0 Å². The van der Waals surface area contributed by atoms with E-state index in [1.807, 2.05) is 32.9 Å². The summed E-state index contributed by atoms with van der Waals surface area (Å²) >= 11 is 0. The molecule has 7 nitrogen and oxygen atoms in total. The number of aromatic nitrogens is 2. The number of rotatable bonds is 10. The van der Waals surface area contributed by atoms with Gasteiger partial charge >= 0.3 is 24.7 Å². The van der Waals surface area contributed by atoms with Gasteiger partial charge in [-0.25, -0.2) is 4.79 Å². The van der Waals surface area contributed by atoms with Crippen LogP contribution in [0.3, 0.4) is 0 Å². The molecule has 0 aliphatic rings. The summed E-state index contributed by atoms with van der Waals surface area (Å²) in [6.07, 6.45) is -2.76. The van der Waals surface area contributed by atoms with E-state index in [0.717, 1.165) is 11.1 Å². The predicted molar refractivity (Wildman–Crippen MR) is 131 cm³/mol. The third-order valence-corrected chi connectivity index (χ3v) is 5.29. The molecule has 0 atom stereocenters. The number of carbonyl (C=O) groups is 1. The molecule has 0 radical (unpaired) electrons. The summed E-state index contributed by atoms with van der Waals surface area (Å²) in [4.78, 5) is 18.1. The number of benzene rings is 2. The number of urea groups is 1. The number of hydrogen-bond donors (Lipinski definition) is 1. The highest BCUT2D eigenvalue weighted by molar-refractivity contribution is 5.93. The molecule has 0 saturated heterocycles. The Kier molecular flexibility index (Phi) is 9.29. The van der Waals surface area contributed by atoms with Crippen LogP contribution in [0.25, 0.3) is 11.1 Å². The predicted octanol–water partition coefficient (Wildman–Crippen LogP) is 7.08. The monoisotopic (exact) mass is 540 g/mol. The number of anilines is 1. The smallest absolute Gasteiger partial charge is 0.435 e. The summed E-state index contributed by atoms with van der Waals surface area (Å²) in [5.74, 6) is -1.34. The van der Waals surface area contributed by atoms with Gasteiger partial charge in [-0.1, -0.05) is 35.8 Å². The number of amides is 2. The van der Waals surface area contributed by atoms with Gasteiger partial charge in [0.05, 0.1) is 0 Å². The molecule has 1 heterocycles. The number of unbranched alkanes of at least 4 members (excludes halogenated alkanes) is 2. The van der Waals surface area contributed by atoms with Crippen LogP contribution in [0.1, 0.15) is 51.7 Å². The van der Waals surface area contributed by atoms with Gasteiger partial charge in [-0.3, -0.25) is 4.90 Å². The summed E-state index contributed by atoms with van der Waals surface area (Å²) in [6, 6.07) is 13.1. The molecule has 0 saturated carbocycles. The van der Waals surface area contributed by atoms with Crippen molar-refractivity contribution in [3.05, 3.63) is 60.2 Å². The maximum Gasteiger partial charge on any atom is 0.471 e. The molecule has 2 amide bonds. The maximum atomic E-state index is 13.1. The summed E-state index contributed by atoms with van der Waals surface area (Å²) < 4.78 is 71.4. The highest BCUT2D eigenvalue weighted by atomic mass is 19.4. The van der Waals surface area contributed by atoms with Gasteiger partial charge in [-0.2, -0.15) is 26.9 Å². The van der Waals surface area contributed by atoms with Crippen molar-refractivity contribution in [2.45, 2.75) is 64.8 Å². The van der Waals surface area contributed by atoms with Crippen LogP contribution in [-0.2, 0) is 12.6 Å². The maximum absolute atomic E-state index is 13.1. The van der Waals surface area contributed by atoms with Crippen molar-refractivity contribution in [3.63, 3.8) is 0 Å². The molecule has 0 aliphatic heterocycles. The molecular weight excluding hydrogens is 511 g/mol. The van der Waals surface area contributed by atoms with E-state index < -0.39 is 24.2 Å². The van der Waals surface area contributed by atoms with E-state index in [4.69, 9.17) is 0 Å². The second-order valence-electron chi connectivity index (χ2n) is 9.61. The molecule has 1 aromatic heterocycles. The Hall–Kier alpha value is -3.70. The van der Waals surface area contributed by atoms with E-state index in [1.54, 1.807) is 29.2 Å².